The van der Waals surface area contributed by atoms with Gasteiger partial charge < -0.3 is 20.3 Å². The number of nitrogens with one attached hydrogen (secondary N) is 2. The van der Waals surface area contributed by atoms with Crippen LogP contribution in [0.5, 0.6) is 0 Å². The van der Waals surface area contributed by atoms with Crippen molar-refractivity contribution in [2.75, 3.05) is 38.3 Å². The van der Waals surface area contributed by atoms with Crippen LogP contribution in [0, 0.1) is 0 Å². The van der Waals surface area contributed by atoms with Crippen molar-refractivity contribution in [3.8, 4) is 0 Å². The van der Waals surface area contributed by atoms with E-state index < -0.39 is 0 Å². The summed E-state index contributed by atoms with van der Waals surface area (Å²) < 4.78 is 5.43. The number of rotatable bonds is 5. The molecule has 6 nitrogen and oxygen atoms in total. The molecule has 2 aromatic rings. The molecule has 7 heteroatoms. The van der Waals surface area contributed by atoms with Gasteiger partial charge in [0.05, 0.1) is 19.8 Å². The molecule has 0 amide bonds. The molecule has 0 spiro atoms. The summed E-state index contributed by atoms with van der Waals surface area (Å²) in [6, 6.07) is 8.25. The minimum atomic E-state index is 0.685. The SMILES string of the molecule is CN=C(NCc1cccs1)NCc1cccnc1N1CCOCC1. The zero-order valence-corrected chi connectivity index (χ0v) is 14.7. The number of anilines is 1. The van der Waals surface area contributed by atoms with Crippen molar-refractivity contribution in [2.45, 2.75) is 13.1 Å². The first kappa shape index (κ1) is 16.7. The molecular formula is C17H23N5OS. The van der Waals surface area contributed by atoms with Gasteiger partial charge in [0.15, 0.2) is 5.96 Å². The van der Waals surface area contributed by atoms with Crippen molar-refractivity contribution >= 4 is 23.1 Å². The standard InChI is InChI=1S/C17H23N5OS/c1-18-17(21-13-15-5-3-11-24-15)20-12-14-4-2-6-19-16(14)22-7-9-23-10-8-22/h2-6,11H,7-10,12-13H2,1H3,(H2,18,20,21). The molecule has 0 unspecified atom stereocenters. The first-order valence-electron chi connectivity index (χ1n) is 8.10. The number of nitrogens with zero attached hydrogens (tertiary/aromatic N) is 3. The van der Waals surface area contributed by atoms with E-state index in [2.05, 4.69) is 49.1 Å². The van der Waals surface area contributed by atoms with Gasteiger partial charge in [-0.15, -0.1) is 11.3 Å². The third-order valence-electron chi connectivity index (χ3n) is 3.86. The van der Waals surface area contributed by atoms with Crippen molar-refractivity contribution in [2.24, 2.45) is 4.99 Å². The second-order valence-corrected chi connectivity index (χ2v) is 6.48. The normalized spacial score (nSPS) is 15.4. The molecule has 2 aromatic heterocycles. The Morgan fingerprint density at radius 2 is 2.08 bits per heavy atom. The molecular weight excluding hydrogens is 322 g/mol. The topological polar surface area (TPSA) is 61.8 Å². The number of thiophene rings is 1. The first-order chi connectivity index (χ1) is 11.9. The zero-order chi connectivity index (χ0) is 16.6. The maximum absolute atomic E-state index is 5.43. The molecule has 0 aliphatic carbocycles. The smallest absolute Gasteiger partial charge is 0.191 e. The molecule has 0 atom stereocenters. The predicted octanol–water partition coefficient (Wildman–Crippen LogP) is 1.84. The molecule has 2 N–H and O–H groups in total. The van der Waals surface area contributed by atoms with Crippen LogP contribution in [0.2, 0.25) is 0 Å². The van der Waals surface area contributed by atoms with E-state index in [1.165, 1.54) is 10.4 Å². The average molecular weight is 345 g/mol. The molecule has 24 heavy (non-hydrogen) atoms. The van der Waals surface area contributed by atoms with E-state index in [9.17, 15) is 0 Å². The van der Waals surface area contributed by atoms with Crippen molar-refractivity contribution in [1.29, 1.82) is 0 Å². The second kappa shape index (κ2) is 8.65. The van der Waals surface area contributed by atoms with Crippen LogP contribution in [0.25, 0.3) is 0 Å². The molecule has 0 saturated carbocycles. The van der Waals surface area contributed by atoms with Gasteiger partial charge in [-0.2, -0.15) is 0 Å². The summed E-state index contributed by atoms with van der Waals surface area (Å²) in [6.07, 6.45) is 1.85. The van der Waals surface area contributed by atoms with E-state index >= 15 is 0 Å². The van der Waals surface area contributed by atoms with Crippen molar-refractivity contribution in [3.05, 3.63) is 46.3 Å². The number of hydrogen-bond donors (Lipinski definition) is 2. The molecule has 0 aromatic carbocycles. The number of hydrogen-bond acceptors (Lipinski definition) is 5. The fourth-order valence-electron chi connectivity index (χ4n) is 2.61. The lowest BCUT2D eigenvalue weighted by Crippen LogP contribution is -2.39. The molecule has 1 aliphatic rings. The Morgan fingerprint density at radius 1 is 1.25 bits per heavy atom. The van der Waals surface area contributed by atoms with Crippen LogP contribution in [0.1, 0.15) is 10.4 Å². The van der Waals surface area contributed by atoms with Crippen LogP contribution in [0.3, 0.4) is 0 Å². The zero-order valence-electron chi connectivity index (χ0n) is 13.9. The van der Waals surface area contributed by atoms with Gasteiger partial charge in [-0.1, -0.05) is 12.1 Å². The van der Waals surface area contributed by atoms with Crippen molar-refractivity contribution in [3.63, 3.8) is 0 Å². The Balaban J connectivity index is 1.58. The van der Waals surface area contributed by atoms with Gasteiger partial charge in [0.2, 0.25) is 0 Å². The fraction of sp³-hybridized carbons (Fsp3) is 0.412. The number of pyridine rings is 1. The second-order valence-electron chi connectivity index (χ2n) is 5.44. The average Bonchev–Trinajstić information content (AvgIpc) is 3.16. The molecule has 3 rings (SSSR count). The minimum absolute atomic E-state index is 0.685. The maximum Gasteiger partial charge on any atom is 0.191 e. The van der Waals surface area contributed by atoms with Crippen LogP contribution in [0.15, 0.2) is 40.8 Å². The largest absolute Gasteiger partial charge is 0.378 e. The Hall–Kier alpha value is -2.12. The Kier molecular flexibility index (Phi) is 6.03. The molecule has 0 radical (unpaired) electrons. The summed E-state index contributed by atoms with van der Waals surface area (Å²) in [6.45, 7) is 4.75. The summed E-state index contributed by atoms with van der Waals surface area (Å²) in [7, 11) is 1.79. The Morgan fingerprint density at radius 3 is 2.83 bits per heavy atom. The van der Waals surface area contributed by atoms with Gasteiger partial charge in [0.1, 0.15) is 5.82 Å². The number of guanidine groups is 1. The quantitative estimate of drug-likeness (QED) is 0.640. The summed E-state index contributed by atoms with van der Waals surface area (Å²) in [5, 5.41) is 8.79. The van der Waals surface area contributed by atoms with Crippen molar-refractivity contribution < 1.29 is 4.74 Å². The first-order valence-corrected chi connectivity index (χ1v) is 8.98. The van der Waals surface area contributed by atoms with Gasteiger partial charge >= 0.3 is 0 Å². The lowest BCUT2D eigenvalue weighted by atomic mass is 10.2. The van der Waals surface area contributed by atoms with E-state index in [1.54, 1.807) is 18.4 Å². The van der Waals surface area contributed by atoms with Gasteiger partial charge in [-0.05, 0) is 17.5 Å². The highest BCUT2D eigenvalue weighted by Gasteiger charge is 2.15. The van der Waals surface area contributed by atoms with E-state index in [-0.39, 0.29) is 0 Å². The number of morpholine rings is 1. The molecule has 3 heterocycles. The fourth-order valence-corrected chi connectivity index (χ4v) is 3.26. The van der Waals surface area contributed by atoms with Gasteiger partial charge in [-0.25, -0.2) is 4.98 Å². The van der Waals surface area contributed by atoms with E-state index in [4.69, 9.17) is 4.74 Å². The van der Waals surface area contributed by atoms with Crippen LogP contribution in [-0.2, 0) is 17.8 Å². The summed E-state index contributed by atoms with van der Waals surface area (Å²) in [4.78, 5) is 12.4. The number of aliphatic imine (C=N–C) groups is 1. The van der Waals surface area contributed by atoms with E-state index in [1.807, 2.05) is 12.3 Å². The summed E-state index contributed by atoms with van der Waals surface area (Å²) in [5.74, 6) is 1.82. The van der Waals surface area contributed by atoms with Crippen LogP contribution in [-0.4, -0.2) is 44.3 Å². The third-order valence-corrected chi connectivity index (χ3v) is 4.73. The monoisotopic (exact) mass is 345 g/mol. The highest BCUT2D eigenvalue weighted by atomic mass is 32.1. The number of ether oxygens (including phenoxy) is 1. The van der Waals surface area contributed by atoms with Crippen molar-refractivity contribution in [1.82, 2.24) is 15.6 Å². The maximum atomic E-state index is 5.43. The summed E-state index contributed by atoms with van der Waals surface area (Å²) in [5.41, 5.74) is 1.17. The summed E-state index contributed by atoms with van der Waals surface area (Å²) >= 11 is 1.74. The molecule has 0 bridgehead atoms. The number of aromatic nitrogens is 1. The Labute approximate surface area is 146 Å². The van der Waals surface area contributed by atoms with E-state index in [0.29, 0.717) is 6.54 Å². The van der Waals surface area contributed by atoms with Gasteiger partial charge in [0, 0.05) is 43.3 Å². The lowest BCUT2D eigenvalue weighted by Gasteiger charge is -2.29. The Bertz CT molecular complexity index is 653. The highest BCUT2D eigenvalue weighted by Crippen LogP contribution is 2.18. The third kappa shape index (κ3) is 4.46. The van der Waals surface area contributed by atoms with Crippen LogP contribution in [0.4, 0.5) is 5.82 Å². The molecule has 1 aliphatic heterocycles. The van der Waals surface area contributed by atoms with E-state index in [0.717, 1.165) is 44.6 Å². The minimum Gasteiger partial charge on any atom is -0.378 e. The molecule has 1 fully saturated rings. The van der Waals surface area contributed by atoms with Gasteiger partial charge in [0.25, 0.3) is 0 Å². The van der Waals surface area contributed by atoms with Gasteiger partial charge in [-0.3, -0.25) is 4.99 Å². The van der Waals surface area contributed by atoms with Crippen LogP contribution >= 0.6 is 11.3 Å². The van der Waals surface area contributed by atoms with Crippen LogP contribution < -0.4 is 15.5 Å². The highest BCUT2D eigenvalue weighted by molar-refractivity contribution is 7.09. The lowest BCUT2D eigenvalue weighted by molar-refractivity contribution is 0.122. The molecule has 1 saturated heterocycles. The molecule has 128 valence electrons. The predicted molar refractivity (Wildman–Crippen MR) is 98.6 cm³/mol.